The lowest BCUT2D eigenvalue weighted by Crippen LogP contribution is -2.28. The average molecular weight is 232 g/mol. The maximum absolute atomic E-state index is 12.9. The van der Waals surface area contributed by atoms with Crippen LogP contribution in [0.3, 0.4) is 0 Å². The van der Waals surface area contributed by atoms with E-state index >= 15 is 0 Å². The highest BCUT2D eigenvalue weighted by Gasteiger charge is 2.36. The Morgan fingerprint density at radius 1 is 1.31 bits per heavy atom. The number of halogens is 2. The molecule has 1 rings (SSSR count). The molecule has 1 saturated carbocycles. The van der Waals surface area contributed by atoms with Gasteiger partial charge in [-0.2, -0.15) is 0 Å². The normalized spacial score (nSPS) is 21.3. The minimum Gasteiger partial charge on any atom is -0.299 e. The van der Waals surface area contributed by atoms with Gasteiger partial charge in [0.1, 0.15) is 5.78 Å². The zero-order valence-electron chi connectivity index (χ0n) is 10.3. The number of Topliss-reactive ketones (excluding diaryl/α,β-unsaturated/α-hetero) is 1. The second-order valence-electron chi connectivity index (χ2n) is 5.38. The lowest BCUT2D eigenvalue weighted by Gasteiger charge is -2.27. The fourth-order valence-electron chi connectivity index (χ4n) is 2.25. The molecule has 1 aliphatic carbocycles. The average Bonchev–Trinajstić information content (AvgIpc) is 2.16. The van der Waals surface area contributed by atoms with Crippen molar-refractivity contribution < 1.29 is 13.6 Å². The van der Waals surface area contributed by atoms with E-state index in [9.17, 15) is 13.6 Å². The third kappa shape index (κ3) is 4.58. The predicted molar refractivity (Wildman–Crippen MR) is 60.6 cm³/mol. The molecule has 3 heteroatoms. The minimum atomic E-state index is -2.52. The molecule has 0 aromatic heterocycles. The lowest BCUT2D eigenvalue weighted by atomic mass is 9.82. The van der Waals surface area contributed by atoms with Crippen LogP contribution >= 0.6 is 0 Å². The Labute approximate surface area is 96.6 Å². The number of carbonyl (C=O) groups is 1. The summed E-state index contributed by atoms with van der Waals surface area (Å²) in [6.07, 6.45) is 3.09. The number of alkyl halides is 2. The summed E-state index contributed by atoms with van der Waals surface area (Å²) in [7, 11) is 0. The fourth-order valence-corrected chi connectivity index (χ4v) is 2.25. The highest BCUT2D eigenvalue weighted by molar-refractivity contribution is 5.81. The molecule has 0 aromatic rings. The maximum atomic E-state index is 12.9. The van der Waals surface area contributed by atoms with E-state index in [1.54, 1.807) is 0 Å². The number of hydrogen-bond acceptors (Lipinski definition) is 1. The van der Waals surface area contributed by atoms with Crippen LogP contribution in [0.1, 0.15) is 58.8 Å². The molecule has 0 amide bonds. The van der Waals surface area contributed by atoms with Crippen molar-refractivity contribution >= 4 is 5.78 Å². The molecule has 94 valence electrons. The van der Waals surface area contributed by atoms with E-state index in [2.05, 4.69) is 13.8 Å². The van der Waals surface area contributed by atoms with Gasteiger partial charge in [-0.25, -0.2) is 8.78 Å². The number of carbonyl (C=O) groups excluding carboxylic acids is 1. The molecule has 1 aliphatic rings. The first kappa shape index (κ1) is 13.6. The van der Waals surface area contributed by atoms with Gasteiger partial charge in [-0.3, -0.25) is 4.79 Å². The smallest absolute Gasteiger partial charge is 0.248 e. The van der Waals surface area contributed by atoms with Crippen molar-refractivity contribution in [3.63, 3.8) is 0 Å². The molecule has 0 aliphatic heterocycles. The summed E-state index contributed by atoms with van der Waals surface area (Å²) in [6, 6.07) is 0. The van der Waals surface area contributed by atoms with Crippen molar-refractivity contribution in [3.8, 4) is 0 Å². The summed E-state index contributed by atoms with van der Waals surface area (Å²) >= 11 is 0. The van der Waals surface area contributed by atoms with E-state index in [-0.39, 0.29) is 24.5 Å². The van der Waals surface area contributed by atoms with Crippen LogP contribution in [-0.2, 0) is 4.79 Å². The van der Waals surface area contributed by atoms with Crippen LogP contribution in [0, 0.1) is 11.8 Å². The highest BCUT2D eigenvalue weighted by atomic mass is 19.3. The SMILES string of the molecule is CC(C)CCCC(=O)C1CCC(F)(F)CC1. The van der Waals surface area contributed by atoms with Gasteiger partial charge in [0.25, 0.3) is 0 Å². The van der Waals surface area contributed by atoms with E-state index < -0.39 is 5.92 Å². The Bertz CT molecular complexity index is 226. The second kappa shape index (κ2) is 5.74. The van der Waals surface area contributed by atoms with Crippen molar-refractivity contribution in [1.29, 1.82) is 0 Å². The van der Waals surface area contributed by atoms with E-state index in [4.69, 9.17) is 0 Å². The van der Waals surface area contributed by atoms with Crippen LogP contribution in [0.25, 0.3) is 0 Å². The third-order valence-corrected chi connectivity index (χ3v) is 3.38. The first-order valence-electron chi connectivity index (χ1n) is 6.31. The fraction of sp³-hybridized carbons (Fsp3) is 0.923. The Hall–Kier alpha value is -0.470. The van der Waals surface area contributed by atoms with Crippen molar-refractivity contribution in [2.75, 3.05) is 0 Å². The van der Waals surface area contributed by atoms with Crippen LogP contribution < -0.4 is 0 Å². The van der Waals surface area contributed by atoms with Gasteiger partial charge in [-0.05, 0) is 25.2 Å². The Kier molecular flexibility index (Phi) is 4.88. The molecule has 1 nitrogen and oxygen atoms in total. The monoisotopic (exact) mass is 232 g/mol. The Morgan fingerprint density at radius 3 is 2.38 bits per heavy atom. The molecule has 0 heterocycles. The quantitative estimate of drug-likeness (QED) is 0.694. The van der Waals surface area contributed by atoms with E-state index in [1.807, 2.05) is 0 Å². The molecule has 0 spiro atoms. The largest absolute Gasteiger partial charge is 0.299 e. The zero-order valence-corrected chi connectivity index (χ0v) is 10.3. The maximum Gasteiger partial charge on any atom is 0.248 e. The molecule has 0 atom stereocenters. The van der Waals surface area contributed by atoms with Gasteiger partial charge in [0.2, 0.25) is 5.92 Å². The van der Waals surface area contributed by atoms with Gasteiger partial charge < -0.3 is 0 Å². The predicted octanol–water partition coefficient (Wildman–Crippen LogP) is 4.21. The van der Waals surface area contributed by atoms with Crippen LogP contribution in [-0.4, -0.2) is 11.7 Å². The first-order chi connectivity index (χ1) is 7.41. The van der Waals surface area contributed by atoms with Gasteiger partial charge in [0, 0.05) is 25.2 Å². The summed E-state index contributed by atoms with van der Waals surface area (Å²) in [4.78, 5) is 11.7. The third-order valence-electron chi connectivity index (χ3n) is 3.38. The first-order valence-corrected chi connectivity index (χ1v) is 6.31. The molecular weight excluding hydrogens is 210 g/mol. The van der Waals surface area contributed by atoms with Crippen molar-refractivity contribution in [2.24, 2.45) is 11.8 Å². The van der Waals surface area contributed by atoms with Gasteiger partial charge in [0.15, 0.2) is 0 Å². The molecule has 0 radical (unpaired) electrons. The molecule has 0 aromatic carbocycles. The van der Waals surface area contributed by atoms with Crippen LogP contribution in [0.4, 0.5) is 8.78 Å². The van der Waals surface area contributed by atoms with Crippen molar-refractivity contribution in [3.05, 3.63) is 0 Å². The van der Waals surface area contributed by atoms with Gasteiger partial charge in [-0.15, -0.1) is 0 Å². The van der Waals surface area contributed by atoms with Crippen LogP contribution in [0.5, 0.6) is 0 Å². The highest BCUT2D eigenvalue weighted by Crippen LogP contribution is 2.36. The molecule has 0 N–H and O–H groups in total. The molecule has 0 unspecified atom stereocenters. The zero-order chi connectivity index (χ0) is 12.2. The summed E-state index contributed by atoms with van der Waals surface area (Å²) < 4.78 is 25.8. The molecular formula is C13H22F2O. The standard InChI is InChI=1S/C13H22F2O/c1-10(2)4-3-5-12(16)11-6-8-13(14,15)9-7-11/h10-11H,3-9H2,1-2H3. The number of rotatable bonds is 5. The molecule has 1 fully saturated rings. The van der Waals surface area contributed by atoms with E-state index in [0.29, 0.717) is 25.2 Å². The molecule has 16 heavy (non-hydrogen) atoms. The molecule has 0 bridgehead atoms. The van der Waals surface area contributed by atoms with Gasteiger partial charge in [0.05, 0.1) is 0 Å². The Balaban J connectivity index is 2.23. The van der Waals surface area contributed by atoms with E-state index in [1.165, 1.54) is 0 Å². The van der Waals surface area contributed by atoms with Crippen LogP contribution in [0.15, 0.2) is 0 Å². The summed E-state index contributed by atoms with van der Waals surface area (Å²) in [6.45, 7) is 4.26. The summed E-state index contributed by atoms with van der Waals surface area (Å²) in [5.41, 5.74) is 0. The Morgan fingerprint density at radius 2 is 1.88 bits per heavy atom. The second-order valence-corrected chi connectivity index (χ2v) is 5.38. The minimum absolute atomic E-state index is 0.0909. The van der Waals surface area contributed by atoms with E-state index in [0.717, 1.165) is 12.8 Å². The van der Waals surface area contributed by atoms with Gasteiger partial charge in [-0.1, -0.05) is 20.3 Å². The van der Waals surface area contributed by atoms with Crippen molar-refractivity contribution in [1.82, 2.24) is 0 Å². The van der Waals surface area contributed by atoms with Gasteiger partial charge >= 0.3 is 0 Å². The van der Waals surface area contributed by atoms with Crippen LogP contribution in [0.2, 0.25) is 0 Å². The summed E-state index contributed by atoms with van der Waals surface area (Å²) in [5.74, 6) is -1.79. The summed E-state index contributed by atoms with van der Waals surface area (Å²) in [5, 5.41) is 0. The number of ketones is 1. The number of hydrogen-bond donors (Lipinski definition) is 0. The topological polar surface area (TPSA) is 17.1 Å². The molecule has 0 saturated heterocycles. The van der Waals surface area contributed by atoms with Crippen molar-refractivity contribution in [2.45, 2.75) is 64.7 Å². The lowest BCUT2D eigenvalue weighted by molar-refractivity contribution is -0.127.